The van der Waals surface area contributed by atoms with Crippen LogP contribution >= 0.6 is 23.1 Å². The second-order valence-electron chi connectivity index (χ2n) is 8.12. The lowest BCUT2D eigenvalue weighted by molar-refractivity contribution is 0.431. The van der Waals surface area contributed by atoms with Gasteiger partial charge in [-0.05, 0) is 30.5 Å². The fourth-order valence-corrected chi connectivity index (χ4v) is 6.24. The number of hydrogen-bond acceptors (Lipinski definition) is 6. The van der Waals surface area contributed by atoms with Crippen molar-refractivity contribution in [3.63, 3.8) is 0 Å². The van der Waals surface area contributed by atoms with E-state index >= 15 is 0 Å². The van der Waals surface area contributed by atoms with Gasteiger partial charge in [-0.1, -0.05) is 62.8 Å². The molecule has 1 saturated heterocycles. The highest BCUT2D eigenvalue weighted by Gasteiger charge is 2.26. The first kappa shape index (κ1) is 24.4. The van der Waals surface area contributed by atoms with Gasteiger partial charge in [0.15, 0.2) is 0 Å². The monoisotopic (exact) mass is 484 g/mol. The maximum absolute atomic E-state index is 12.8. The zero-order chi connectivity index (χ0) is 22.1. The minimum absolute atomic E-state index is 0.267. The van der Waals surface area contributed by atoms with Crippen LogP contribution in [0, 0.1) is 0 Å². The van der Waals surface area contributed by atoms with Crippen LogP contribution in [0.1, 0.15) is 63.3 Å². The van der Waals surface area contributed by atoms with Gasteiger partial charge in [-0.2, -0.15) is 4.37 Å². The molecule has 0 spiro atoms. The maximum atomic E-state index is 12.8. The number of halogens is 1. The molecule has 0 N–H and O–H groups in total. The average molecular weight is 485 g/mol. The number of unbranched alkanes of at least 4 members (excludes halogenated alkanes) is 5. The minimum atomic E-state index is -3.18. The lowest BCUT2D eigenvalue weighted by atomic mass is 10.1. The Hall–Kier alpha value is -1.22. The largest absolute Gasteiger partial charge is 0.345 e. The van der Waals surface area contributed by atoms with Crippen LogP contribution in [-0.4, -0.2) is 54.0 Å². The van der Waals surface area contributed by atoms with Crippen molar-refractivity contribution in [3.8, 4) is 0 Å². The summed E-state index contributed by atoms with van der Waals surface area (Å²) in [5.74, 6) is 1.06. The Kier molecular flexibility index (Phi) is 9.56. The van der Waals surface area contributed by atoms with Crippen LogP contribution in [0.3, 0.4) is 0 Å². The summed E-state index contributed by atoms with van der Waals surface area (Å²) in [4.78, 5) is 6.87. The van der Waals surface area contributed by atoms with Gasteiger partial charge in [-0.15, -0.1) is 0 Å². The third-order valence-corrected chi connectivity index (χ3v) is 8.63. The molecule has 1 aliphatic heterocycles. The number of aromatic nitrogens is 2. The van der Waals surface area contributed by atoms with Crippen LogP contribution in [0.25, 0.3) is 0 Å². The highest BCUT2D eigenvalue weighted by molar-refractivity contribution is 7.89. The molecule has 0 atom stereocenters. The van der Waals surface area contributed by atoms with Crippen molar-refractivity contribution in [1.29, 1.82) is 0 Å². The van der Waals surface area contributed by atoms with Gasteiger partial charge in [-0.3, -0.25) is 0 Å². The lowest BCUT2D eigenvalue weighted by Crippen LogP contribution is -2.36. The fourth-order valence-electron chi connectivity index (χ4n) is 3.79. The Bertz CT molecular complexity index is 902. The summed E-state index contributed by atoms with van der Waals surface area (Å²) in [5.41, 5.74) is 1.12. The smallest absolute Gasteiger partial charge is 0.214 e. The van der Waals surface area contributed by atoms with Crippen molar-refractivity contribution in [2.75, 3.05) is 36.8 Å². The third-order valence-electron chi connectivity index (χ3n) is 5.61. The lowest BCUT2D eigenvalue weighted by Gasteiger charge is -2.21. The fraction of sp³-hybridized carbons (Fsp3) is 0.636. The van der Waals surface area contributed by atoms with E-state index in [0.29, 0.717) is 26.1 Å². The minimum Gasteiger partial charge on any atom is -0.345 e. The van der Waals surface area contributed by atoms with E-state index in [-0.39, 0.29) is 5.75 Å². The van der Waals surface area contributed by atoms with Gasteiger partial charge in [0.2, 0.25) is 15.2 Å². The van der Waals surface area contributed by atoms with E-state index in [2.05, 4.69) is 16.2 Å². The van der Waals surface area contributed by atoms with E-state index in [1.807, 2.05) is 24.3 Å². The molecule has 9 heteroatoms. The molecule has 0 bridgehead atoms. The first-order chi connectivity index (χ1) is 15.0. The summed E-state index contributed by atoms with van der Waals surface area (Å²) >= 11 is 7.34. The first-order valence-corrected chi connectivity index (χ1v) is 14.0. The van der Waals surface area contributed by atoms with Gasteiger partial charge >= 0.3 is 0 Å². The van der Waals surface area contributed by atoms with Crippen molar-refractivity contribution in [1.82, 2.24) is 13.7 Å². The van der Waals surface area contributed by atoms with Gasteiger partial charge in [0, 0.05) is 49.2 Å². The van der Waals surface area contributed by atoms with E-state index < -0.39 is 10.0 Å². The second kappa shape index (κ2) is 12.1. The van der Waals surface area contributed by atoms with E-state index in [4.69, 9.17) is 16.6 Å². The summed E-state index contributed by atoms with van der Waals surface area (Å²) in [6, 6.07) is 7.72. The van der Waals surface area contributed by atoms with E-state index in [1.165, 1.54) is 30.8 Å². The molecule has 0 radical (unpaired) electrons. The highest BCUT2D eigenvalue weighted by Crippen LogP contribution is 2.22. The Balaban J connectivity index is 1.49. The highest BCUT2D eigenvalue weighted by atomic mass is 35.5. The first-order valence-electron chi connectivity index (χ1n) is 11.3. The molecule has 2 heterocycles. The Morgan fingerprint density at radius 2 is 1.74 bits per heavy atom. The van der Waals surface area contributed by atoms with E-state index in [0.717, 1.165) is 53.8 Å². The van der Waals surface area contributed by atoms with Crippen LogP contribution in [0.4, 0.5) is 5.13 Å². The van der Waals surface area contributed by atoms with Crippen LogP contribution in [0.5, 0.6) is 0 Å². The van der Waals surface area contributed by atoms with Crippen LogP contribution in [0.2, 0.25) is 5.02 Å². The van der Waals surface area contributed by atoms with Gasteiger partial charge in [0.25, 0.3) is 0 Å². The topological polar surface area (TPSA) is 66.4 Å². The predicted octanol–water partition coefficient (Wildman–Crippen LogP) is 4.98. The van der Waals surface area contributed by atoms with E-state index in [9.17, 15) is 8.42 Å². The standard InChI is InChI=1S/C22H33ClN4O2S2/c1-2-3-4-5-6-7-17-31(28,29)27-14-8-13-26(15-16-27)22-24-21(25-30-22)18-19-9-11-20(23)12-10-19/h9-12H,2-8,13-18H2,1H3. The van der Waals surface area contributed by atoms with Crippen molar-refractivity contribution >= 4 is 38.3 Å². The number of nitrogens with zero attached hydrogens (tertiary/aromatic N) is 4. The third kappa shape index (κ3) is 7.70. The summed E-state index contributed by atoms with van der Waals surface area (Å²) in [6.45, 7) is 4.76. The molecule has 1 aromatic carbocycles. The maximum Gasteiger partial charge on any atom is 0.214 e. The normalized spacial score (nSPS) is 15.9. The molecule has 0 saturated carbocycles. The van der Waals surface area contributed by atoms with Crippen molar-refractivity contribution < 1.29 is 8.42 Å². The molecular formula is C22H33ClN4O2S2. The average Bonchev–Trinajstić information content (AvgIpc) is 3.06. The van der Waals surface area contributed by atoms with Gasteiger partial charge < -0.3 is 4.90 Å². The Morgan fingerprint density at radius 3 is 2.52 bits per heavy atom. The molecular weight excluding hydrogens is 452 g/mol. The van der Waals surface area contributed by atoms with Crippen molar-refractivity contribution in [2.24, 2.45) is 0 Å². The molecule has 0 amide bonds. The quantitative estimate of drug-likeness (QED) is 0.420. The summed E-state index contributed by atoms with van der Waals surface area (Å²) in [6.07, 6.45) is 8.02. The van der Waals surface area contributed by atoms with Crippen LogP contribution in [-0.2, 0) is 16.4 Å². The second-order valence-corrected chi connectivity index (χ2v) is 11.4. The molecule has 31 heavy (non-hydrogen) atoms. The summed E-state index contributed by atoms with van der Waals surface area (Å²) in [5, 5.41) is 1.59. The zero-order valence-electron chi connectivity index (χ0n) is 18.3. The summed E-state index contributed by atoms with van der Waals surface area (Å²) in [7, 11) is -3.18. The number of anilines is 1. The molecule has 6 nitrogen and oxygen atoms in total. The number of sulfonamides is 1. The molecule has 0 aliphatic carbocycles. The SMILES string of the molecule is CCCCCCCCS(=O)(=O)N1CCCN(c2nc(Cc3ccc(Cl)cc3)ns2)CC1. The van der Waals surface area contributed by atoms with Crippen molar-refractivity contribution in [2.45, 2.75) is 58.3 Å². The van der Waals surface area contributed by atoms with Gasteiger partial charge in [0.1, 0.15) is 5.82 Å². The number of hydrogen-bond donors (Lipinski definition) is 0. The van der Waals surface area contributed by atoms with Crippen LogP contribution < -0.4 is 4.90 Å². The molecule has 3 rings (SSSR count). The number of rotatable bonds is 11. The molecule has 0 unspecified atom stereocenters. The molecule has 1 aliphatic rings. The zero-order valence-corrected chi connectivity index (χ0v) is 20.7. The van der Waals surface area contributed by atoms with Crippen LogP contribution in [0.15, 0.2) is 24.3 Å². The molecule has 2 aromatic rings. The molecule has 1 aromatic heterocycles. The van der Waals surface area contributed by atoms with Crippen molar-refractivity contribution in [3.05, 3.63) is 40.7 Å². The summed E-state index contributed by atoms with van der Waals surface area (Å²) < 4.78 is 31.7. The van der Waals surface area contributed by atoms with Gasteiger partial charge in [-0.25, -0.2) is 17.7 Å². The van der Waals surface area contributed by atoms with Gasteiger partial charge in [0.05, 0.1) is 5.75 Å². The number of benzene rings is 1. The molecule has 1 fully saturated rings. The Labute approximate surface area is 195 Å². The predicted molar refractivity (Wildman–Crippen MR) is 130 cm³/mol. The Morgan fingerprint density at radius 1 is 1.00 bits per heavy atom. The molecule has 172 valence electrons. The van der Waals surface area contributed by atoms with E-state index in [1.54, 1.807) is 4.31 Å².